The largest absolute Gasteiger partial charge is 0.466 e. The highest BCUT2D eigenvalue weighted by Gasteiger charge is 2.42. The first-order chi connectivity index (χ1) is 12.6. The molecule has 0 amide bonds. The van der Waals surface area contributed by atoms with Gasteiger partial charge in [-0.2, -0.15) is 13.2 Å². The van der Waals surface area contributed by atoms with Crippen molar-refractivity contribution in [3.63, 3.8) is 0 Å². The van der Waals surface area contributed by atoms with Gasteiger partial charge in [-0.3, -0.25) is 0 Å². The van der Waals surface area contributed by atoms with E-state index in [2.05, 4.69) is 5.32 Å². The van der Waals surface area contributed by atoms with E-state index in [0.29, 0.717) is 29.9 Å². The standard InChI is InChI=1S/C18H15F4NO4/c1-8-13(16(24)26-2)14(15-12(23-8)5-6-27-17(15)25)9-3-4-11(19)10(7-9)18(20,21)22/h3-4,7,14,23H,5-6H2,1-2H3. The normalized spacial score (nSPS) is 20.1. The zero-order valence-electron chi connectivity index (χ0n) is 14.4. The summed E-state index contributed by atoms with van der Waals surface area (Å²) in [6.07, 6.45) is -4.61. The van der Waals surface area contributed by atoms with Crippen LogP contribution in [0.1, 0.15) is 30.4 Å². The van der Waals surface area contributed by atoms with E-state index in [1.54, 1.807) is 6.92 Å². The number of allylic oxidation sites excluding steroid dienone is 1. The summed E-state index contributed by atoms with van der Waals surface area (Å²) < 4.78 is 62.9. The fraction of sp³-hybridized carbons (Fsp3) is 0.333. The molecule has 2 aliphatic heterocycles. The van der Waals surface area contributed by atoms with Gasteiger partial charge in [0.05, 0.1) is 36.3 Å². The van der Waals surface area contributed by atoms with Crippen molar-refractivity contribution in [2.75, 3.05) is 13.7 Å². The van der Waals surface area contributed by atoms with Crippen LogP contribution in [0.3, 0.4) is 0 Å². The highest BCUT2D eigenvalue weighted by molar-refractivity contribution is 6.00. The van der Waals surface area contributed by atoms with Crippen molar-refractivity contribution in [3.05, 3.63) is 57.7 Å². The lowest BCUT2D eigenvalue weighted by Crippen LogP contribution is -2.36. The van der Waals surface area contributed by atoms with Crippen molar-refractivity contribution in [2.45, 2.75) is 25.4 Å². The Balaban J connectivity index is 2.24. The molecule has 0 aromatic heterocycles. The van der Waals surface area contributed by atoms with Gasteiger partial charge in [0.1, 0.15) is 5.82 Å². The van der Waals surface area contributed by atoms with Crippen LogP contribution in [-0.4, -0.2) is 25.7 Å². The smallest absolute Gasteiger partial charge is 0.419 e. The number of benzene rings is 1. The summed E-state index contributed by atoms with van der Waals surface area (Å²) in [4.78, 5) is 24.6. The number of ether oxygens (including phenoxy) is 2. The SMILES string of the molecule is COC(=O)C1=C(C)NC2=C(C(=O)OCC2)C1c1ccc(F)c(C(F)(F)F)c1. The molecule has 1 atom stereocenters. The molecule has 0 saturated heterocycles. The van der Waals surface area contributed by atoms with E-state index in [4.69, 9.17) is 9.47 Å². The number of methoxy groups -OCH3 is 1. The van der Waals surface area contributed by atoms with Crippen molar-refractivity contribution in [3.8, 4) is 0 Å². The summed E-state index contributed by atoms with van der Waals surface area (Å²) in [5, 5.41) is 2.93. The van der Waals surface area contributed by atoms with Crippen LogP contribution in [0, 0.1) is 5.82 Å². The molecular weight excluding hydrogens is 370 g/mol. The molecule has 2 aliphatic rings. The van der Waals surface area contributed by atoms with Crippen LogP contribution in [0.5, 0.6) is 0 Å². The Morgan fingerprint density at radius 1 is 1.33 bits per heavy atom. The molecule has 1 aromatic carbocycles. The van der Waals surface area contributed by atoms with Crippen molar-refractivity contribution in [2.24, 2.45) is 0 Å². The lowest BCUT2D eigenvalue weighted by atomic mass is 9.79. The molecule has 144 valence electrons. The topological polar surface area (TPSA) is 64.6 Å². The fourth-order valence-electron chi connectivity index (χ4n) is 3.31. The van der Waals surface area contributed by atoms with E-state index in [1.165, 1.54) is 0 Å². The number of esters is 2. The second-order valence-electron chi connectivity index (χ2n) is 6.10. The second kappa shape index (κ2) is 6.71. The predicted octanol–water partition coefficient (Wildman–Crippen LogP) is 3.18. The van der Waals surface area contributed by atoms with Crippen molar-refractivity contribution >= 4 is 11.9 Å². The van der Waals surface area contributed by atoms with Gasteiger partial charge in [-0.1, -0.05) is 6.07 Å². The van der Waals surface area contributed by atoms with Crippen LogP contribution >= 0.6 is 0 Å². The molecule has 3 rings (SSSR count). The van der Waals surface area contributed by atoms with Gasteiger partial charge >= 0.3 is 18.1 Å². The van der Waals surface area contributed by atoms with Crippen molar-refractivity contribution < 1.29 is 36.6 Å². The summed E-state index contributed by atoms with van der Waals surface area (Å²) in [6, 6.07) is 2.39. The third-order valence-electron chi connectivity index (χ3n) is 4.48. The van der Waals surface area contributed by atoms with Gasteiger partial charge in [-0.05, 0) is 24.6 Å². The summed E-state index contributed by atoms with van der Waals surface area (Å²) >= 11 is 0. The minimum Gasteiger partial charge on any atom is -0.466 e. The molecular formula is C18H15F4NO4. The van der Waals surface area contributed by atoms with E-state index < -0.39 is 35.4 Å². The van der Waals surface area contributed by atoms with Crippen LogP contribution in [0.2, 0.25) is 0 Å². The van der Waals surface area contributed by atoms with Crippen LogP contribution in [0.4, 0.5) is 17.6 Å². The third kappa shape index (κ3) is 3.29. The summed E-state index contributed by atoms with van der Waals surface area (Å²) in [5.41, 5.74) is -0.748. The molecule has 0 spiro atoms. The summed E-state index contributed by atoms with van der Waals surface area (Å²) in [6.45, 7) is 1.66. The Morgan fingerprint density at radius 3 is 2.67 bits per heavy atom. The number of carbonyl (C=O) groups is 2. The molecule has 9 heteroatoms. The predicted molar refractivity (Wildman–Crippen MR) is 84.6 cm³/mol. The first kappa shape index (κ1) is 18.9. The van der Waals surface area contributed by atoms with Gasteiger partial charge < -0.3 is 14.8 Å². The molecule has 0 bridgehead atoms. The first-order valence-corrected chi connectivity index (χ1v) is 7.98. The number of rotatable bonds is 2. The van der Waals surface area contributed by atoms with Gasteiger partial charge in [0, 0.05) is 17.8 Å². The highest BCUT2D eigenvalue weighted by Crippen LogP contribution is 2.43. The van der Waals surface area contributed by atoms with Gasteiger partial charge in [0.2, 0.25) is 0 Å². The Labute approximate surface area is 151 Å². The van der Waals surface area contributed by atoms with Gasteiger partial charge in [0.15, 0.2) is 0 Å². The number of hydrogen-bond acceptors (Lipinski definition) is 5. The van der Waals surface area contributed by atoms with Gasteiger partial charge in [0.25, 0.3) is 0 Å². The Kier molecular flexibility index (Phi) is 4.71. The second-order valence-corrected chi connectivity index (χ2v) is 6.10. The maximum absolute atomic E-state index is 13.7. The van der Waals surface area contributed by atoms with Gasteiger partial charge in [-0.15, -0.1) is 0 Å². The molecule has 0 aliphatic carbocycles. The lowest BCUT2D eigenvalue weighted by Gasteiger charge is -2.33. The average Bonchev–Trinajstić information content (AvgIpc) is 2.59. The number of alkyl halides is 3. The lowest BCUT2D eigenvalue weighted by molar-refractivity contribution is -0.141. The van der Waals surface area contributed by atoms with Crippen molar-refractivity contribution in [1.82, 2.24) is 5.32 Å². The minimum atomic E-state index is -4.93. The average molecular weight is 385 g/mol. The monoisotopic (exact) mass is 385 g/mol. The molecule has 5 nitrogen and oxygen atoms in total. The minimum absolute atomic E-state index is 0.0204. The number of hydrogen-bond donors (Lipinski definition) is 1. The number of dihydropyridines is 1. The first-order valence-electron chi connectivity index (χ1n) is 7.98. The Hall–Kier alpha value is -2.84. The van der Waals surface area contributed by atoms with Crippen LogP contribution in [-0.2, 0) is 25.2 Å². The van der Waals surface area contributed by atoms with Gasteiger partial charge in [-0.25, -0.2) is 14.0 Å². The number of cyclic esters (lactones) is 1. The molecule has 0 saturated carbocycles. The summed E-state index contributed by atoms with van der Waals surface area (Å²) in [5.74, 6) is -4.17. The Bertz CT molecular complexity index is 886. The van der Waals surface area contributed by atoms with Crippen LogP contribution < -0.4 is 5.32 Å². The Morgan fingerprint density at radius 2 is 2.04 bits per heavy atom. The maximum atomic E-state index is 13.7. The van der Waals surface area contributed by atoms with E-state index in [9.17, 15) is 27.2 Å². The van der Waals surface area contributed by atoms with E-state index >= 15 is 0 Å². The fourth-order valence-corrected chi connectivity index (χ4v) is 3.31. The number of nitrogens with one attached hydrogen (secondary N) is 1. The zero-order valence-corrected chi connectivity index (χ0v) is 14.4. The molecule has 1 unspecified atom stereocenters. The third-order valence-corrected chi connectivity index (χ3v) is 4.48. The summed E-state index contributed by atoms with van der Waals surface area (Å²) in [7, 11) is 1.12. The van der Waals surface area contributed by atoms with Crippen LogP contribution in [0.25, 0.3) is 0 Å². The molecule has 27 heavy (non-hydrogen) atoms. The molecule has 0 fully saturated rings. The van der Waals surface area contributed by atoms with Crippen molar-refractivity contribution in [1.29, 1.82) is 0 Å². The molecule has 1 N–H and O–H groups in total. The highest BCUT2D eigenvalue weighted by atomic mass is 19.4. The van der Waals surface area contributed by atoms with E-state index in [0.717, 1.165) is 13.2 Å². The molecule has 1 aromatic rings. The molecule has 2 heterocycles. The number of carbonyl (C=O) groups excluding carboxylic acids is 2. The quantitative estimate of drug-likeness (QED) is 0.626. The number of halogens is 4. The van der Waals surface area contributed by atoms with E-state index in [-0.39, 0.29) is 23.3 Å². The van der Waals surface area contributed by atoms with Crippen LogP contribution in [0.15, 0.2) is 40.7 Å². The molecule has 0 radical (unpaired) electrons. The maximum Gasteiger partial charge on any atom is 0.419 e. The van der Waals surface area contributed by atoms with E-state index in [1.807, 2.05) is 0 Å². The zero-order chi connectivity index (χ0) is 19.9.